The number of nitrogens with zero attached hydrogens (tertiary/aromatic N) is 5. The van der Waals surface area contributed by atoms with Crippen LogP contribution in [0.5, 0.6) is 0 Å². The van der Waals surface area contributed by atoms with Crippen molar-refractivity contribution in [3.8, 4) is 0 Å². The summed E-state index contributed by atoms with van der Waals surface area (Å²) in [6.07, 6.45) is 0. The average Bonchev–Trinajstić information content (AvgIpc) is 3.06. The van der Waals surface area contributed by atoms with Crippen molar-refractivity contribution in [2.75, 3.05) is 5.32 Å². The average molecular weight is 300 g/mol. The summed E-state index contributed by atoms with van der Waals surface area (Å²) in [6.45, 7) is 7.81. The van der Waals surface area contributed by atoms with Crippen LogP contribution in [0.3, 0.4) is 0 Å². The lowest BCUT2D eigenvalue weighted by atomic mass is 9.92. The number of carbonyl (C=O) groups excluding carboxylic acids is 1. The molecule has 0 spiro atoms. The lowest BCUT2D eigenvalue weighted by Gasteiger charge is -2.12. The van der Waals surface area contributed by atoms with Gasteiger partial charge in [0, 0.05) is 11.5 Å². The first-order chi connectivity index (χ1) is 10.3. The van der Waals surface area contributed by atoms with Crippen molar-refractivity contribution in [2.24, 2.45) is 0 Å². The summed E-state index contributed by atoms with van der Waals surface area (Å²) < 4.78 is 6.65. The van der Waals surface area contributed by atoms with Gasteiger partial charge in [0.15, 0.2) is 11.5 Å². The lowest BCUT2D eigenvalue weighted by Crippen LogP contribution is -2.15. The molecule has 0 aliphatic carbocycles. The summed E-state index contributed by atoms with van der Waals surface area (Å²) in [4.78, 5) is 12.2. The molecule has 1 N–H and O–H groups in total. The zero-order valence-electron chi connectivity index (χ0n) is 12.8. The van der Waals surface area contributed by atoms with Crippen LogP contribution in [0.4, 0.5) is 5.88 Å². The van der Waals surface area contributed by atoms with Crippen molar-refractivity contribution >= 4 is 17.4 Å². The highest BCUT2D eigenvalue weighted by Crippen LogP contribution is 2.23. The van der Waals surface area contributed by atoms with Gasteiger partial charge in [0.05, 0.1) is 5.69 Å². The predicted octanol–water partition coefficient (Wildman–Crippen LogP) is 1.97. The van der Waals surface area contributed by atoms with Crippen LogP contribution in [-0.2, 0) is 5.41 Å². The van der Waals surface area contributed by atoms with E-state index in [1.54, 1.807) is 25.1 Å². The molecule has 0 atom stereocenters. The molecule has 0 aliphatic heterocycles. The number of rotatable bonds is 2. The number of anilines is 1. The molecule has 0 aromatic carbocycles. The van der Waals surface area contributed by atoms with Crippen molar-refractivity contribution in [3.05, 3.63) is 35.4 Å². The Labute approximate surface area is 126 Å². The van der Waals surface area contributed by atoms with Gasteiger partial charge in [-0.25, -0.2) is 0 Å². The molecule has 8 heteroatoms. The minimum Gasteiger partial charge on any atom is -0.338 e. The van der Waals surface area contributed by atoms with Crippen LogP contribution in [0.2, 0.25) is 0 Å². The van der Waals surface area contributed by atoms with Crippen molar-refractivity contribution in [1.29, 1.82) is 0 Å². The zero-order valence-corrected chi connectivity index (χ0v) is 12.8. The highest BCUT2D eigenvalue weighted by atomic mass is 16.5. The van der Waals surface area contributed by atoms with Crippen LogP contribution in [0.1, 0.15) is 42.8 Å². The van der Waals surface area contributed by atoms with Gasteiger partial charge in [-0.1, -0.05) is 25.9 Å². The Bertz CT molecular complexity index is 843. The Morgan fingerprint density at radius 2 is 2.05 bits per heavy atom. The number of fused-ring (bicyclic) bond motifs is 1. The fourth-order valence-corrected chi connectivity index (χ4v) is 1.88. The zero-order chi connectivity index (χ0) is 15.9. The van der Waals surface area contributed by atoms with E-state index < -0.39 is 0 Å². The molecule has 8 nitrogen and oxygen atoms in total. The van der Waals surface area contributed by atoms with Gasteiger partial charge in [-0.15, -0.1) is 10.2 Å². The maximum Gasteiger partial charge on any atom is 0.278 e. The van der Waals surface area contributed by atoms with Crippen LogP contribution >= 0.6 is 0 Å². The first-order valence-electron chi connectivity index (χ1n) is 6.82. The summed E-state index contributed by atoms with van der Waals surface area (Å²) in [5.41, 5.74) is 1.44. The van der Waals surface area contributed by atoms with Gasteiger partial charge in [0.2, 0.25) is 5.88 Å². The molecular weight excluding hydrogens is 284 g/mol. The number of hydrogen-bond donors (Lipinski definition) is 1. The van der Waals surface area contributed by atoms with Crippen molar-refractivity contribution in [2.45, 2.75) is 33.1 Å². The molecule has 0 fully saturated rings. The summed E-state index contributed by atoms with van der Waals surface area (Å²) >= 11 is 0. The SMILES string of the molecule is Cc1nnc2ccc(C(=O)Nc3cc(C(C)(C)C)no3)nn12. The predicted molar refractivity (Wildman–Crippen MR) is 78.7 cm³/mol. The number of aromatic nitrogens is 5. The maximum absolute atomic E-state index is 12.2. The van der Waals surface area contributed by atoms with Crippen molar-refractivity contribution < 1.29 is 9.32 Å². The van der Waals surface area contributed by atoms with Crippen LogP contribution in [-0.4, -0.2) is 30.9 Å². The molecule has 3 heterocycles. The van der Waals surface area contributed by atoms with E-state index in [0.717, 1.165) is 5.69 Å². The van der Waals surface area contributed by atoms with E-state index in [-0.39, 0.29) is 22.9 Å². The number of amides is 1. The molecule has 22 heavy (non-hydrogen) atoms. The Kier molecular flexibility index (Phi) is 3.16. The Morgan fingerprint density at radius 1 is 1.27 bits per heavy atom. The fraction of sp³-hybridized carbons (Fsp3) is 0.357. The number of nitrogens with one attached hydrogen (secondary N) is 1. The van der Waals surface area contributed by atoms with Gasteiger partial charge in [-0.05, 0) is 19.1 Å². The molecule has 114 valence electrons. The lowest BCUT2D eigenvalue weighted by molar-refractivity contribution is 0.101. The van der Waals surface area contributed by atoms with Crippen LogP contribution in [0.25, 0.3) is 5.65 Å². The van der Waals surface area contributed by atoms with Gasteiger partial charge in [-0.2, -0.15) is 9.61 Å². The van der Waals surface area contributed by atoms with Crippen molar-refractivity contribution in [1.82, 2.24) is 25.0 Å². The molecule has 0 unspecified atom stereocenters. The molecule has 0 radical (unpaired) electrons. The van der Waals surface area contributed by atoms with E-state index >= 15 is 0 Å². The number of hydrogen-bond acceptors (Lipinski definition) is 6. The second kappa shape index (κ2) is 4.90. The van der Waals surface area contributed by atoms with Crippen LogP contribution in [0.15, 0.2) is 22.7 Å². The topological polar surface area (TPSA) is 98.2 Å². The third-order valence-corrected chi connectivity index (χ3v) is 3.17. The monoisotopic (exact) mass is 300 g/mol. The van der Waals surface area contributed by atoms with E-state index in [9.17, 15) is 4.79 Å². The van der Waals surface area contributed by atoms with E-state index in [0.29, 0.717) is 11.5 Å². The van der Waals surface area contributed by atoms with Gasteiger partial charge < -0.3 is 4.52 Å². The van der Waals surface area contributed by atoms with Gasteiger partial charge >= 0.3 is 0 Å². The maximum atomic E-state index is 12.2. The molecule has 1 amide bonds. The van der Waals surface area contributed by atoms with E-state index in [1.165, 1.54) is 4.52 Å². The Hall–Kier alpha value is -2.77. The Balaban J connectivity index is 1.83. The molecule has 0 saturated heterocycles. The van der Waals surface area contributed by atoms with E-state index in [4.69, 9.17) is 4.52 Å². The van der Waals surface area contributed by atoms with Crippen LogP contribution in [0, 0.1) is 6.92 Å². The smallest absolute Gasteiger partial charge is 0.278 e. The van der Waals surface area contributed by atoms with Gasteiger partial charge in [0.1, 0.15) is 5.69 Å². The molecular formula is C14H16N6O2. The number of carbonyl (C=O) groups is 1. The van der Waals surface area contributed by atoms with Crippen LogP contribution < -0.4 is 5.32 Å². The second-order valence-corrected chi connectivity index (χ2v) is 6.02. The second-order valence-electron chi connectivity index (χ2n) is 6.02. The first kappa shape index (κ1) is 14.2. The molecule has 3 aromatic heterocycles. The summed E-state index contributed by atoms with van der Waals surface area (Å²) in [6, 6.07) is 4.98. The highest BCUT2D eigenvalue weighted by Gasteiger charge is 2.20. The molecule has 0 bridgehead atoms. The van der Waals surface area contributed by atoms with E-state index in [2.05, 4.69) is 25.8 Å². The first-order valence-corrected chi connectivity index (χ1v) is 6.82. The summed E-state index contributed by atoms with van der Waals surface area (Å²) in [7, 11) is 0. The quantitative estimate of drug-likeness (QED) is 0.777. The van der Waals surface area contributed by atoms with Gasteiger partial charge in [-0.3, -0.25) is 10.1 Å². The van der Waals surface area contributed by atoms with Crippen molar-refractivity contribution in [3.63, 3.8) is 0 Å². The standard InChI is InChI=1S/C14H16N6O2/c1-8-16-17-11-6-5-9(18-20(8)11)13(21)15-12-7-10(19-22-12)14(2,3)4/h5-7H,1-4H3,(H,15,21). The fourth-order valence-electron chi connectivity index (χ4n) is 1.88. The normalized spacial score (nSPS) is 11.8. The third kappa shape index (κ3) is 2.54. The van der Waals surface area contributed by atoms with E-state index in [1.807, 2.05) is 20.8 Å². The molecule has 3 aromatic rings. The molecule has 0 saturated carbocycles. The molecule has 3 rings (SSSR count). The minimum atomic E-state index is -0.383. The van der Waals surface area contributed by atoms with Gasteiger partial charge in [0.25, 0.3) is 5.91 Å². The highest BCUT2D eigenvalue weighted by molar-refractivity contribution is 6.02. The third-order valence-electron chi connectivity index (χ3n) is 3.17. The minimum absolute atomic E-state index is 0.150. The largest absolute Gasteiger partial charge is 0.338 e. The summed E-state index contributed by atoms with van der Waals surface area (Å²) in [5.74, 6) is 0.517. The molecule has 0 aliphatic rings. The number of aryl methyl sites for hydroxylation is 1. The summed E-state index contributed by atoms with van der Waals surface area (Å²) in [5, 5.41) is 18.6. The Morgan fingerprint density at radius 3 is 2.73 bits per heavy atom.